The average molecular weight is 225 g/mol. The molecule has 1 unspecified atom stereocenters. The van der Waals surface area contributed by atoms with Crippen molar-refractivity contribution in [3.8, 4) is 0 Å². The number of hydrogen-bond donors (Lipinski definition) is 2. The molecule has 0 aliphatic heterocycles. The van der Waals surface area contributed by atoms with Crippen molar-refractivity contribution in [3.63, 3.8) is 0 Å². The number of nitrogens with zero attached hydrogens (tertiary/aromatic N) is 1. The molecule has 0 radical (unpaired) electrons. The summed E-state index contributed by atoms with van der Waals surface area (Å²) in [6.45, 7) is 6.37. The number of nitrogens with one attached hydrogen (secondary N) is 1. The third-order valence-electron chi connectivity index (χ3n) is 2.50. The first-order chi connectivity index (χ1) is 7.44. The van der Waals surface area contributed by atoms with Crippen LogP contribution in [0.4, 0.5) is 0 Å². The van der Waals surface area contributed by atoms with Crippen molar-refractivity contribution in [2.45, 2.75) is 39.3 Å². The van der Waals surface area contributed by atoms with Crippen LogP contribution in [0.1, 0.15) is 33.0 Å². The highest BCUT2D eigenvalue weighted by Gasteiger charge is 2.31. The topological polar surface area (TPSA) is 81.2 Å². The summed E-state index contributed by atoms with van der Waals surface area (Å²) in [6.07, 6.45) is 2.26. The van der Waals surface area contributed by atoms with E-state index in [1.165, 1.54) is 0 Å². The van der Waals surface area contributed by atoms with E-state index >= 15 is 0 Å². The Morgan fingerprint density at radius 1 is 1.69 bits per heavy atom. The van der Waals surface area contributed by atoms with Gasteiger partial charge in [0.05, 0.1) is 18.3 Å². The van der Waals surface area contributed by atoms with E-state index in [1.54, 1.807) is 12.3 Å². The second-order valence-electron chi connectivity index (χ2n) is 4.63. The highest BCUT2D eigenvalue weighted by molar-refractivity contribution is 5.84. The zero-order chi connectivity index (χ0) is 12.2. The summed E-state index contributed by atoms with van der Waals surface area (Å²) >= 11 is 0. The van der Waals surface area contributed by atoms with E-state index in [-0.39, 0.29) is 5.91 Å². The van der Waals surface area contributed by atoms with Gasteiger partial charge in [-0.1, -0.05) is 19.0 Å². The molecular weight excluding hydrogens is 206 g/mol. The number of primary amides is 1. The predicted molar refractivity (Wildman–Crippen MR) is 60.4 cm³/mol. The molecule has 0 aliphatic rings. The largest absolute Gasteiger partial charge is 0.368 e. The molecule has 0 saturated carbocycles. The maximum atomic E-state index is 11.4. The zero-order valence-corrected chi connectivity index (χ0v) is 9.99. The lowest BCUT2D eigenvalue weighted by atomic mass is 9.90. The maximum absolute atomic E-state index is 11.4. The Bertz CT molecular complexity index is 335. The Morgan fingerprint density at radius 2 is 2.38 bits per heavy atom. The Hall–Kier alpha value is -1.36. The van der Waals surface area contributed by atoms with E-state index < -0.39 is 5.54 Å². The normalized spacial score (nSPS) is 15.0. The highest BCUT2D eigenvalue weighted by atomic mass is 16.5. The van der Waals surface area contributed by atoms with E-state index in [4.69, 9.17) is 10.3 Å². The van der Waals surface area contributed by atoms with Crippen LogP contribution in [-0.2, 0) is 11.3 Å². The molecule has 1 heterocycles. The second-order valence-corrected chi connectivity index (χ2v) is 4.63. The van der Waals surface area contributed by atoms with Crippen LogP contribution in [0.5, 0.6) is 0 Å². The van der Waals surface area contributed by atoms with Gasteiger partial charge in [-0.3, -0.25) is 10.1 Å². The smallest absolute Gasteiger partial charge is 0.237 e. The molecule has 16 heavy (non-hydrogen) atoms. The van der Waals surface area contributed by atoms with Gasteiger partial charge in [0.25, 0.3) is 0 Å². The maximum Gasteiger partial charge on any atom is 0.237 e. The van der Waals surface area contributed by atoms with Crippen molar-refractivity contribution in [1.82, 2.24) is 10.5 Å². The minimum absolute atomic E-state index is 0.347. The van der Waals surface area contributed by atoms with Gasteiger partial charge in [0.15, 0.2) is 0 Å². The van der Waals surface area contributed by atoms with Crippen molar-refractivity contribution < 1.29 is 9.32 Å². The molecule has 0 saturated heterocycles. The molecule has 1 aromatic rings. The Kier molecular flexibility index (Phi) is 4.06. The zero-order valence-electron chi connectivity index (χ0n) is 9.99. The van der Waals surface area contributed by atoms with E-state index in [2.05, 4.69) is 24.3 Å². The molecule has 0 fully saturated rings. The molecule has 5 nitrogen and oxygen atoms in total. The fraction of sp³-hybridized carbons (Fsp3) is 0.636. The van der Waals surface area contributed by atoms with Crippen molar-refractivity contribution in [2.75, 3.05) is 0 Å². The number of hydrogen-bond acceptors (Lipinski definition) is 4. The summed E-state index contributed by atoms with van der Waals surface area (Å²) in [4.78, 5) is 11.4. The van der Waals surface area contributed by atoms with E-state index in [0.717, 1.165) is 0 Å². The summed E-state index contributed by atoms with van der Waals surface area (Å²) in [7, 11) is 0. The first-order valence-corrected chi connectivity index (χ1v) is 5.38. The van der Waals surface area contributed by atoms with Crippen LogP contribution in [0.15, 0.2) is 16.8 Å². The lowest BCUT2D eigenvalue weighted by Gasteiger charge is -2.28. The number of carbonyl (C=O) groups excluding carboxylic acids is 1. The highest BCUT2D eigenvalue weighted by Crippen LogP contribution is 2.16. The lowest BCUT2D eigenvalue weighted by Crippen LogP contribution is -2.53. The fourth-order valence-corrected chi connectivity index (χ4v) is 1.69. The summed E-state index contributed by atoms with van der Waals surface area (Å²) < 4.78 is 4.95. The third-order valence-corrected chi connectivity index (χ3v) is 2.50. The lowest BCUT2D eigenvalue weighted by molar-refractivity contribution is -0.124. The number of nitrogens with two attached hydrogens (primary N) is 1. The Morgan fingerprint density at radius 3 is 2.81 bits per heavy atom. The van der Waals surface area contributed by atoms with Crippen LogP contribution in [-0.4, -0.2) is 16.6 Å². The summed E-state index contributed by atoms with van der Waals surface area (Å²) in [5.74, 6) is 0.733. The third kappa shape index (κ3) is 3.34. The molecular formula is C11H19N3O2. The quantitative estimate of drug-likeness (QED) is 0.758. The van der Waals surface area contributed by atoms with Gasteiger partial charge < -0.3 is 10.3 Å². The van der Waals surface area contributed by atoms with Gasteiger partial charge >= 0.3 is 0 Å². The monoisotopic (exact) mass is 225 g/mol. The van der Waals surface area contributed by atoms with E-state index in [0.29, 0.717) is 24.6 Å². The van der Waals surface area contributed by atoms with Gasteiger partial charge in [0.2, 0.25) is 5.91 Å². The van der Waals surface area contributed by atoms with Crippen LogP contribution in [0.3, 0.4) is 0 Å². The van der Waals surface area contributed by atoms with Crippen LogP contribution < -0.4 is 11.1 Å². The molecule has 1 rings (SSSR count). The van der Waals surface area contributed by atoms with Crippen molar-refractivity contribution in [2.24, 2.45) is 11.7 Å². The molecule has 5 heteroatoms. The first kappa shape index (κ1) is 12.7. The fourth-order valence-electron chi connectivity index (χ4n) is 1.69. The van der Waals surface area contributed by atoms with Crippen molar-refractivity contribution in [3.05, 3.63) is 18.0 Å². The molecule has 3 N–H and O–H groups in total. The molecule has 1 aromatic heterocycles. The first-order valence-electron chi connectivity index (χ1n) is 5.38. The standard InChI is InChI=1S/C11H19N3O2/c1-8(2)6-11(3,10(12)15)13-7-9-4-5-14-16-9/h4-5,8,13H,6-7H2,1-3H3,(H2,12,15). The Balaban J connectivity index is 2.61. The molecule has 1 amide bonds. The second kappa shape index (κ2) is 5.12. The average Bonchev–Trinajstić information content (AvgIpc) is 2.65. The van der Waals surface area contributed by atoms with Gasteiger partial charge in [-0.2, -0.15) is 0 Å². The molecule has 0 aliphatic carbocycles. The SMILES string of the molecule is CC(C)CC(C)(NCc1ccno1)C(N)=O. The van der Waals surface area contributed by atoms with E-state index in [9.17, 15) is 4.79 Å². The van der Waals surface area contributed by atoms with Gasteiger partial charge in [-0.15, -0.1) is 0 Å². The van der Waals surface area contributed by atoms with E-state index in [1.807, 2.05) is 6.92 Å². The number of aromatic nitrogens is 1. The van der Waals surface area contributed by atoms with Gasteiger partial charge in [-0.25, -0.2) is 0 Å². The molecule has 1 atom stereocenters. The molecule has 0 aromatic carbocycles. The van der Waals surface area contributed by atoms with Crippen molar-refractivity contribution >= 4 is 5.91 Å². The summed E-state index contributed by atoms with van der Waals surface area (Å²) in [5, 5.41) is 6.72. The summed E-state index contributed by atoms with van der Waals surface area (Å²) in [6, 6.07) is 1.75. The summed E-state index contributed by atoms with van der Waals surface area (Å²) in [5.41, 5.74) is 4.70. The molecule has 0 bridgehead atoms. The molecule has 0 spiro atoms. The Labute approximate surface area is 95.4 Å². The van der Waals surface area contributed by atoms with Crippen LogP contribution in [0, 0.1) is 5.92 Å². The van der Waals surface area contributed by atoms with Crippen LogP contribution in [0.2, 0.25) is 0 Å². The number of rotatable bonds is 6. The van der Waals surface area contributed by atoms with Crippen LogP contribution in [0.25, 0.3) is 0 Å². The van der Waals surface area contributed by atoms with Gasteiger partial charge in [0, 0.05) is 6.07 Å². The minimum Gasteiger partial charge on any atom is -0.368 e. The van der Waals surface area contributed by atoms with Gasteiger partial charge in [0.1, 0.15) is 5.76 Å². The predicted octanol–water partition coefficient (Wildman–Crippen LogP) is 1.05. The minimum atomic E-state index is -0.707. The van der Waals surface area contributed by atoms with Crippen LogP contribution >= 0.6 is 0 Å². The molecule has 90 valence electrons. The van der Waals surface area contributed by atoms with Crippen molar-refractivity contribution in [1.29, 1.82) is 0 Å². The van der Waals surface area contributed by atoms with Gasteiger partial charge in [-0.05, 0) is 19.3 Å². The number of carbonyl (C=O) groups is 1. The number of amides is 1.